The van der Waals surface area contributed by atoms with Crippen molar-refractivity contribution < 1.29 is 19.0 Å². The molecule has 0 aromatic heterocycles. The SMILES string of the molecule is COc1ccc(C(=O)OCC=C(C)CCC=C(C)C)cc1OCC=C(C)CCC=C(C)C. The summed E-state index contributed by atoms with van der Waals surface area (Å²) in [6.45, 7) is 13.2. The van der Waals surface area contributed by atoms with Gasteiger partial charge in [-0.15, -0.1) is 0 Å². The lowest BCUT2D eigenvalue weighted by atomic mass is 10.1. The molecule has 0 radical (unpaired) electrons. The first kappa shape index (κ1) is 27.3. The number of esters is 1. The smallest absolute Gasteiger partial charge is 0.338 e. The van der Waals surface area contributed by atoms with E-state index in [2.05, 4.69) is 59.8 Å². The van der Waals surface area contributed by atoms with Gasteiger partial charge in [0.25, 0.3) is 0 Å². The highest BCUT2D eigenvalue weighted by atomic mass is 16.5. The van der Waals surface area contributed by atoms with Crippen molar-refractivity contribution in [3.63, 3.8) is 0 Å². The van der Waals surface area contributed by atoms with E-state index in [-0.39, 0.29) is 12.6 Å². The van der Waals surface area contributed by atoms with Gasteiger partial charge in [-0.3, -0.25) is 0 Å². The number of ether oxygens (including phenoxy) is 3. The molecule has 0 spiro atoms. The fourth-order valence-electron chi connectivity index (χ4n) is 2.91. The van der Waals surface area contributed by atoms with Gasteiger partial charge >= 0.3 is 5.97 Å². The van der Waals surface area contributed by atoms with Crippen molar-refractivity contribution in [2.45, 2.75) is 67.2 Å². The summed E-state index contributed by atoms with van der Waals surface area (Å²) in [4.78, 5) is 12.5. The van der Waals surface area contributed by atoms with Gasteiger partial charge in [-0.25, -0.2) is 4.79 Å². The van der Waals surface area contributed by atoms with Crippen molar-refractivity contribution in [2.75, 3.05) is 20.3 Å². The Hall–Kier alpha value is -2.75. The normalized spacial score (nSPS) is 11.6. The van der Waals surface area contributed by atoms with Gasteiger partial charge in [-0.2, -0.15) is 0 Å². The Morgan fingerprint density at radius 1 is 0.781 bits per heavy atom. The Bertz CT molecular complexity index is 848. The molecule has 0 saturated carbocycles. The zero-order valence-electron chi connectivity index (χ0n) is 20.9. The second-order valence-corrected chi connectivity index (χ2v) is 8.52. The number of carbonyl (C=O) groups excluding carboxylic acids is 1. The van der Waals surface area contributed by atoms with Gasteiger partial charge in [0, 0.05) is 0 Å². The van der Waals surface area contributed by atoms with Crippen LogP contribution in [0.5, 0.6) is 11.5 Å². The molecule has 176 valence electrons. The van der Waals surface area contributed by atoms with Gasteiger partial charge in [-0.1, -0.05) is 34.4 Å². The molecule has 0 aliphatic rings. The fraction of sp³-hybridized carbons (Fsp3) is 0.464. The van der Waals surface area contributed by atoms with Crippen molar-refractivity contribution in [3.05, 3.63) is 70.4 Å². The lowest BCUT2D eigenvalue weighted by Gasteiger charge is -2.11. The standard InChI is InChI=1S/C28H40O4/c1-21(2)10-8-12-23(5)16-18-31-27-20-25(14-15-26(27)30-7)28(29)32-19-17-24(6)13-9-11-22(3)4/h10-11,14-17,20H,8-9,12-13,18-19H2,1-7H3. The van der Waals surface area contributed by atoms with E-state index in [1.54, 1.807) is 25.3 Å². The first-order valence-corrected chi connectivity index (χ1v) is 11.3. The largest absolute Gasteiger partial charge is 0.493 e. The van der Waals surface area contributed by atoms with Crippen LogP contribution < -0.4 is 9.47 Å². The maximum absolute atomic E-state index is 12.5. The predicted octanol–water partition coefficient (Wildman–Crippen LogP) is 7.62. The van der Waals surface area contributed by atoms with Crippen LogP contribution >= 0.6 is 0 Å². The van der Waals surface area contributed by atoms with Gasteiger partial charge in [-0.05, 0) is 97.6 Å². The first-order valence-electron chi connectivity index (χ1n) is 11.3. The molecule has 0 atom stereocenters. The van der Waals surface area contributed by atoms with Gasteiger partial charge in [0.15, 0.2) is 11.5 Å². The van der Waals surface area contributed by atoms with Crippen LogP contribution in [-0.4, -0.2) is 26.3 Å². The molecule has 0 heterocycles. The zero-order valence-corrected chi connectivity index (χ0v) is 20.9. The molecule has 0 N–H and O–H groups in total. The molecule has 32 heavy (non-hydrogen) atoms. The Morgan fingerprint density at radius 2 is 1.34 bits per heavy atom. The molecule has 1 aromatic rings. The van der Waals surface area contributed by atoms with E-state index in [1.165, 1.54) is 22.3 Å². The molecular formula is C28H40O4. The highest BCUT2D eigenvalue weighted by Gasteiger charge is 2.12. The van der Waals surface area contributed by atoms with Crippen molar-refractivity contribution in [1.29, 1.82) is 0 Å². The summed E-state index contributed by atoms with van der Waals surface area (Å²) in [7, 11) is 1.59. The number of allylic oxidation sites excluding steroid dienone is 6. The van der Waals surface area contributed by atoms with Crippen LogP contribution in [0.15, 0.2) is 64.8 Å². The van der Waals surface area contributed by atoms with E-state index in [0.29, 0.717) is 23.7 Å². The highest BCUT2D eigenvalue weighted by molar-refractivity contribution is 5.90. The van der Waals surface area contributed by atoms with Crippen molar-refractivity contribution >= 4 is 5.97 Å². The molecule has 0 amide bonds. The highest BCUT2D eigenvalue weighted by Crippen LogP contribution is 2.28. The first-order chi connectivity index (χ1) is 15.2. The summed E-state index contributed by atoms with van der Waals surface area (Å²) in [5, 5.41) is 0. The van der Waals surface area contributed by atoms with Crippen LogP contribution in [0.25, 0.3) is 0 Å². The molecule has 0 fully saturated rings. The third-order valence-corrected chi connectivity index (χ3v) is 4.90. The summed E-state index contributed by atoms with van der Waals surface area (Å²) in [6, 6.07) is 5.11. The second-order valence-electron chi connectivity index (χ2n) is 8.52. The molecule has 4 heteroatoms. The Kier molecular flexibility index (Phi) is 12.9. The van der Waals surface area contributed by atoms with E-state index in [1.807, 2.05) is 6.08 Å². The molecular weight excluding hydrogens is 400 g/mol. The van der Waals surface area contributed by atoms with Gasteiger partial charge in [0.1, 0.15) is 13.2 Å². The van der Waals surface area contributed by atoms with E-state index in [0.717, 1.165) is 25.7 Å². The summed E-state index contributed by atoms with van der Waals surface area (Å²) in [6.07, 6.45) is 12.5. The average molecular weight is 441 g/mol. The Balaban J connectivity index is 2.65. The molecule has 0 saturated heterocycles. The lowest BCUT2D eigenvalue weighted by molar-refractivity contribution is 0.0548. The summed E-state index contributed by atoms with van der Waals surface area (Å²) >= 11 is 0. The van der Waals surface area contributed by atoms with Crippen LogP contribution in [0.1, 0.15) is 77.6 Å². The summed E-state index contributed by atoms with van der Waals surface area (Å²) < 4.78 is 16.7. The van der Waals surface area contributed by atoms with Crippen molar-refractivity contribution in [3.8, 4) is 11.5 Å². The molecule has 0 aliphatic carbocycles. The number of benzene rings is 1. The number of carbonyl (C=O) groups is 1. The fourth-order valence-corrected chi connectivity index (χ4v) is 2.91. The number of rotatable bonds is 13. The van der Waals surface area contributed by atoms with Crippen LogP contribution in [0, 0.1) is 0 Å². The summed E-state index contributed by atoms with van der Waals surface area (Å²) in [5.74, 6) is 0.746. The summed E-state index contributed by atoms with van der Waals surface area (Å²) in [5.41, 5.74) is 5.57. The van der Waals surface area contributed by atoms with Crippen molar-refractivity contribution in [2.24, 2.45) is 0 Å². The van der Waals surface area contributed by atoms with E-state index in [9.17, 15) is 4.79 Å². The predicted molar refractivity (Wildman–Crippen MR) is 134 cm³/mol. The average Bonchev–Trinajstić information content (AvgIpc) is 2.73. The number of hydrogen-bond acceptors (Lipinski definition) is 4. The maximum Gasteiger partial charge on any atom is 0.338 e. The van der Waals surface area contributed by atoms with E-state index < -0.39 is 0 Å². The number of hydrogen-bond donors (Lipinski definition) is 0. The van der Waals surface area contributed by atoms with Gasteiger partial charge in [0.2, 0.25) is 0 Å². The van der Waals surface area contributed by atoms with Crippen LogP contribution in [-0.2, 0) is 4.74 Å². The van der Waals surface area contributed by atoms with Gasteiger partial charge < -0.3 is 14.2 Å². The van der Waals surface area contributed by atoms with Crippen LogP contribution in [0.3, 0.4) is 0 Å². The molecule has 0 unspecified atom stereocenters. The monoisotopic (exact) mass is 440 g/mol. The molecule has 1 aromatic carbocycles. The Morgan fingerprint density at radius 3 is 1.88 bits per heavy atom. The molecule has 1 rings (SSSR count). The molecule has 0 aliphatic heterocycles. The van der Waals surface area contributed by atoms with Crippen LogP contribution in [0.4, 0.5) is 0 Å². The van der Waals surface area contributed by atoms with E-state index >= 15 is 0 Å². The van der Waals surface area contributed by atoms with Crippen molar-refractivity contribution in [1.82, 2.24) is 0 Å². The second kappa shape index (κ2) is 15.1. The zero-order chi connectivity index (χ0) is 23.9. The minimum atomic E-state index is -0.376. The minimum Gasteiger partial charge on any atom is -0.493 e. The minimum absolute atomic E-state index is 0.259. The van der Waals surface area contributed by atoms with Gasteiger partial charge in [0.05, 0.1) is 12.7 Å². The topological polar surface area (TPSA) is 44.8 Å². The number of methoxy groups -OCH3 is 1. The van der Waals surface area contributed by atoms with E-state index in [4.69, 9.17) is 14.2 Å². The molecule has 4 nitrogen and oxygen atoms in total. The lowest BCUT2D eigenvalue weighted by Crippen LogP contribution is -2.07. The quantitative estimate of drug-likeness (QED) is 0.234. The third-order valence-electron chi connectivity index (χ3n) is 4.90. The molecule has 0 bridgehead atoms. The maximum atomic E-state index is 12.5. The third kappa shape index (κ3) is 11.6. The Labute approximate surface area is 194 Å². The van der Waals surface area contributed by atoms with Crippen LogP contribution in [0.2, 0.25) is 0 Å².